The molecule has 6 heteroatoms. The molecule has 1 aromatic carbocycles. The minimum Gasteiger partial charge on any atom is -0.409 e. The Hall–Kier alpha value is -0.860. The number of oxime groups is 1. The molecule has 98 valence electrons. The highest BCUT2D eigenvalue weighted by atomic mass is 127. The van der Waals surface area contributed by atoms with Gasteiger partial charge in [0, 0.05) is 23.2 Å². The van der Waals surface area contributed by atoms with Crippen LogP contribution in [0.4, 0.5) is 0 Å². The lowest BCUT2D eigenvalue weighted by atomic mass is 10.2. The van der Waals surface area contributed by atoms with E-state index in [-0.39, 0.29) is 11.9 Å². The summed E-state index contributed by atoms with van der Waals surface area (Å²) in [4.78, 5) is 2.24. The number of rotatable bonds is 3. The Balaban J connectivity index is 1.95. The third-order valence-corrected chi connectivity index (χ3v) is 3.63. The highest BCUT2D eigenvalue weighted by Crippen LogP contribution is 2.12. The molecule has 1 unspecified atom stereocenters. The van der Waals surface area contributed by atoms with Crippen molar-refractivity contribution in [3.05, 3.63) is 33.4 Å². The van der Waals surface area contributed by atoms with Crippen LogP contribution in [0.1, 0.15) is 5.56 Å². The lowest BCUT2D eigenvalue weighted by Gasteiger charge is -2.32. The quantitative estimate of drug-likeness (QED) is 0.279. The summed E-state index contributed by atoms with van der Waals surface area (Å²) in [6.45, 7) is 2.98. The van der Waals surface area contributed by atoms with E-state index in [9.17, 15) is 0 Å². The van der Waals surface area contributed by atoms with Gasteiger partial charge in [0.15, 0.2) is 5.84 Å². The number of morpholine rings is 1. The molecule has 2 rings (SSSR count). The summed E-state index contributed by atoms with van der Waals surface area (Å²) in [6, 6.07) is 8.43. The maximum atomic E-state index is 8.66. The fourth-order valence-corrected chi connectivity index (χ4v) is 2.30. The van der Waals surface area contributed by atoms with Crippen molar-refractivity contribution < 1.29 is 9.94 Å². The van der Waals surface area contributed by atoms with Crippen LogP contribution in [0.2, 0.25) is 0 Å². The second-order valence-electron chi connectivity index (χ2n) is 4.25. The Morgan fingerprint density at radius 3 is 2.89 bits per heavy atom. The number of hydrogen-bond donors (Lipinski definition) is 2. The summed E-state index contributed by atoms with van der Waals surface area (Å²) in [5.74, 6) is 0.141. The lowest BCUT2D eigenvalue weighted by Crippen LogP contribution is -2.48. The van der Waals surface area contributed by atoms with Gasteiger partial charge in [-0.25, -0.2) is 0 Å². The van der Waals surface area contributed by atoms with Crippen LogP contribution in [-0.4, -0.2) is 41.7 Å². The molecule has 0 aliphatic carbocycles. The van der Waals surface area contributed by atoms with E-state index in [1.54, 1.807) is 0 Å². The van der Waals surface area contributed by atoms with Gasteiger partial charge in [-0.05, 0) is 40.3 Å². The van der Waals surface area contributed by atoms with Crippen molar-refractivity contribution in [1.29, 1.82) is 0 Å². The van der Waals surface area contributed by atoms with Crippen molar-refractivity contribution in [2.45, 2.75) is 12.6 Å². The Morgan fingerprint density at radius 2 is 2.22 bits per heavy atom. The van der Waals surface area contributed by atoms with Crippen molar-refractivity contribution >= 4 is 28.4 Å². The number of halogens is 1. The van der Waals surface area contributed by atoms with E-state index in [0.717, 1.165) is 13.1 Å². The molecule has 0 saturated carbocycles. The maximum Gasteiger partial charge on any atom is 0.169 e. The smallest absolute Gasteiger partial charge is 0.169 e. The standard InChI is InChI=1S/C12H16IN3O2/c13-10-3-1-9(2-4-10)7-16-5-6-18-11(8-16)12(14)15-17/h1-4,11,17H,5-8H2,(H2,14,15). The monoisotopic (exact) mass is 361 g/mol. The van der Waals surface area contributed by atoms with Gasteiger partial charge in [-0.1, -0.05) is 17.3 Å². The molecule has 0 bridgehead atoms. The SMILES string of the molecule is N/C(=N\O)C1CN(Cc2ccc(I)cc2)CCO1. The Kier molecular flexibility index (Phi) is 4.79. The molecule has 1 saturated heterocycles. The van der Waals surface area contributed by atoms with Crippen LogP contribution in [0.5, 0.6) is 0 Å². The molecule has 0 aromatic heterocycles. The summed E-state index contributed by atoms with van der Waals surface area (Å²) in [7, 11) is 0. The number of hydrogen-bond acceptors (Lipinski definition) is 4. The van der Waals surface area contributed by atoms with Crippen LogP contribution in [-0.2, 0) is 11.3 Å². The first-order valence-electron chi connectivity index (χ1n) is 5.75. The summed E-state index contributed by atoms with van der Waals surface area (Å²) in [5, 5.41) is 11.7. The van der Waals surface area contributed by atoms with Gasteiger partial charge in [0.25, 0.3) is 0 Å². The molecule has 18 heavy (non-hydrogen) atoms. The highest BCUT2D eigenvalue weighted by Gasteiger charge is 2.23. The minimum atomic E-state index is -0.312. The number of benzene rings is 1. The second kappa shape index (κ2) is 6.35. The average Bonchev–Trinajstić information content (AvgIpc) is 2.41. The molecule has 1 aliphatic rings. The zero-order chi connectivity index (χ0) is 13.0. The molecular weight excluding hydrogens is 345 g/mol. The van der Waals surface area contributed by atoms with Crippen molar-refractivity contribution in [3.63, 3.8) is 0 Å². The van der Waals surface area contributed by atoms with E-state index in [4.69, 9.17) is 15.7 Å². The van der Waals surface area contributed by atoms with Gasteiger partial charge >= 0.3 is 0 Å². The molecule has 1 aromatic rings. The van der Waals surface area contributed by atoms with Crippen LogP contribution in [0.15, 0.2) is 29.4 Å². The lowest BCUT2D eigenvalue weighted by molar-refractivity contribution is 0.00141. The number of nitrogens with zero attached hydrogens (tertiary/aromatic N) is 2. The van der Waals surface area contributed by atoms with Crippen molar-refractivity contribution in [1.82, 2.24) is 4.90 Å². The molecule has 3 N–H and O–H groups in total. The topological polar surface area (TPSA) is 71.1 Å². The van der Waals surface area contributed by atoms with Crippen molar-refractivity contribution in [2.24, 2.45) is 10.9 Å². The minimum absolute atomic E-state index is 0.141. The molecule has 0 spiro atoms. The third kappa shape index (κ3) is 3.56. The van der Waals surface area contributed by atoms with Gasteiger partial charge in [0.05, 0.1) is 6.61 Å². The molecule has 1 aliphatic heterocycles. The molecule has 5 nitrogen and oxygen atoms in total. The van der Waals surface area contributed by atoms with E-state index < -0.39 is 0 Å². The predicted octanol–water partition coefficient (Wildman–Crippen LogP) is 1.24. The van der Waals surface area contributed by atoms with Crippen LogP contribution in [0, 0.1) is 3.57 Å². The summed E-state index contributed by atoms with van der Waals surface area (Å²) < 4.78 is 6.69. The summed E-state index contributed by atoms with van der Waals surface area (Å²) in [6.07, 6.45) is -0.312. The van der Waals surface area contributed by atoms with E-state index in [2.05, 4.69) is 56.9 Å². The van der Waals surface area contributed by atoms with Gasteiger partial charge in [0.2, 0.25) is 0 Å². The first kappa shape index (κ1) is 13.6. The van der Waals surface area contributed by atoms with E-state index in [1.807, 2.05) is 0 Å². The number of amidine groups is 1. The molecule has 1 fully saturated rings. The van der Waals surface area contributed by atoms with Gasteiger partial charge in [0.1, 0.15) is 6.10 Å². The van der Waals surface area contributed by atoms with E-state index in [0.29, 0.717) is 13.2 Å². The van der Waals surface area contributed by atoms with Crippen LogP contribution in [0.3, 0.4) is 0 Å². The zero-order valence-electron chi connectivity index (χ0n) is 9.92. The summed E-state index contributed by atoms with van der Waals surface area (Å²) >= 11 is 2.29. The van der Waals surface area contributed by atoms with Gasteiger partial charge in [-0.2, -0.15) is 0 Å². The number of nitrogens with two attached hydrogens (primary N) is 1. The summed E-state index contributed by atoms with van der Waals surface area (Å²) in [5.41, 5.74) is 6.83. The fraction of sp³-hybridized carbons (Fsp3) is 0.417. The molecule has 0 amide bonds. The molecular formula is C12H16IN3O2. The fourth-order valence-electron chi connectivity index (χ4n) is 1.94. The molecule has 0 radical (unpaired) electrons. The van der Waals surface area contributed by atoms with Crippen molar-refractivity contribution in [2.75, 3.05) is 19.7 Å². The van der Waals surface area contributed by atoms with Crippen molar-refractivity contribution in [3.8, 4) is 0 Å². The Morgan fingerprint density at radius 1 is 1.50 bits per heavy atom. The molecule has 1 heterocycles. The van der Waals surface area contributed by atoms with E-state index >= 15 is 0 Å². The van der Waals surface area contributed by atoms with Crippen LogP contribution < -0.4 is 5.73 Å². The van der Waals surface area contributed by atoms with E-state index in [1.165, 1.54) is 9.13 Å². The normalized spacial score (nSPS) is 22.1. The highest BCUT2D eigenvalue weighted by molar-refractivity contribution is 14.1. The zero-order valence-corrected chi connectivity index (χ0v) is 12.1. The maximum absolute atomic E-state index is 8.66. The largest absolute Gasteiger partial charge is 0.409 e. The first-order valence-corrected chi connectivity index (χ1v) is 6.82. The van der Waals surface area contributed by atoms with Crippen LogP contribution >= 0.6 is 22.6 Å². The van der Waals surface area contributed by atoms with Gasteiger partial charge < -0.3 is 15.7 Å². The van der Waals surface area contributed by atoms with Gasteiger partial charge in [-0.15, -0.1) is 0 Å². The molecule has 1 atom stereocenters. The average molecular weight is 361 g/mol. The van der Waals surface area contributed by atoms with Crippen LogP contribution in [0.25, 0.3) is 0 Å². The predicted molar refractivity (Wildman–Crippen MR) is 77.6 cm³/mol. The Labute approximate surface area is 120 Å². The first-order chi connectivity index (χ1) is 8.69. The number of ether oxygens (including phenoxy) is 1. The Bertz CT molecular complexity index is 422. The van der Waals surface area contributed by atoms with Gasteiger partial charge in [-0.3, -0.25) is 4.90 Å². The second-order valence-corrected chi connectivity index (χ2v) is 5.49. The third-order valence-electron chi connectivity index (χ3n) is 2.92.